The predicted molar refractivity (Wildman–Crippen MR) is 65.0 cm³/mol. The van der Waals surface area contributed by atoms with E-state index in [4.69, 9.17) is 0 Å². The zero-order chi connectivity index (χ0) is 10.5. The molecule has 0 aromatic rings. The molecule has 0 spiro atoms. The van der Waals surface area contributed by atoms with E-state index in [0.29, 0.717) is 0 Å². The average molecular weight is 208 g/mol. The van der Waals surface area contributed by atoms with Crippen molar-refractivity contribution >= 4 is 0 Å². The summed E-state index contributed by atoms with van der Waals surface area (Å²) < 4.78 is 0. The summed E-state index contributed by atoms with van der Waals surface area (Å²) >= 11 is 0. The fourth-order valence-corrected chi connectivity index (χ4v) is 2.53. The Morgan fingerprint density at radius 1 is 1.33 bits per heavy atom. The quantitative estimate of drug-likeness (QED) is 0.672. The van der Waals surface area contributed by atoms with Crippen LogP contribution in [-0.4, -0.2) is 37.1 Å². The number of rotatable bonds is 6. The summed E-state index contributed by atoms with van der Waals surface area (Å²) in [7, 11) is 0. The van der Waals surface area contributed by atoms with Crippen LogP contribution >= 0.6 is 0 Å². The van der Waals surface area contributed by atoms with Gasteiger partial charge in [0.25, 0.3) is 0 Å². The molecule has 0 aromatic heterocycles. The van der Waals surface area contributed by atoms with E-state index < -0.39 is 0 Å². The van der Waals surface area contributed by atoms with E-state index in [2.05, 4.69) is 22.9 Å². The van der Waals surface area contributed by atoms with Crippen molar-refractivity contribution in [2.45, 2.75) is 38.1 Å². The zero-order valence-corrected chi connectivity index (χ0v) is 9.75. The minimum absolute atomic E-state index is 0.893. The monoisotopic (exact) mass is 208 g/mol. The maximum Gasteiger partial charge on any atom is 0.00966 e. The lowest BCUT2D eigenvalue weighted by Crippen LogP contribution is -2.39. The van der Waals surface area contributed by atoms with Gasteiger partial charge in [0.15, 0.2) is 0 Å². The first kappa shape index (κ1) is 11.2. The van der Waals surface area contributed by atoms with Crippen molar-refractivity contribution in [2.24, 2.45) is 5.92 Å². The summed E-state index contributed by atoms with van der Waals surface area (Å²) in [5.41, 5.74) is 0. The van der Waals surface area contributed by atoms with Crippen LogP contribution in [0.3, 0.4) is 0 Å². The second kappa shape index (κ2) is 5.66. The van der Waals surface area contributed by atoms with Gasteiger partial charge < -0.3 is 5.32 Å². The molecule has 2 fully saturated rings. The van der Waals surface area contributed by atoms with Crippen LogP contribution in [0.5, 0.6) is 0 Å². The number of piperidine rings is 1. The van der Waals surface area contributed by atoms with Crippen molar-refractivity contribution in [3.8, 4) is 0 Å². The van der Waals surface area contributed by atoms with Gasteiger partial charge >= 0.3 is 0 Å². The molecule has 2 nitrogen and oxygen atoms in total. The van der Waals surface area contributed by atoms with E-state index in [1.54, 1.807) is 0 Å². The molecule has 15 heavy (non-hydrogen) atoms. The molecule has 1 aliphatic heterocycles. The average Bonchev–Trinajstić information content (AvgIpc) is 3.09. The van der Waals surface area contributed by atoms with Crippen LogP contribution in [0.15, 0.2) is 12.7 Å². The second-order valence-corrected chi connectivity index (χ2v) is 5.02. The van der Waals surface area contributed by atoms with Crippen molar-refractivity contribution in [2.75, 3.05) is 26.2 Å². The van der Waals surface area contributed by atoms with E-state index >= 15 is 0 Å². The van der Waals surface area contributed by atoms with Crippen LogP contribution in [0.1, 0.15) is 32.1 Å². The Kier molecular flexibility index (Phi) is 4.21. The van der Waals surface area contributed by atoms with E-state index in [1.165, 1.54) is 51.9 Å². The van der Waals surface area contributed by atoms with Gasteiger partial charge in [0.2, 0.25) is 0 Å². The number of hydrogen-bond acceptors (Lipinski definition) is 2. The highest BCUT2D eigenvalue weighted by Gasteiger charge is 2.30. The lowest BCUT2D eigenvalue weighted by atomic mass is 9.99. The minimum Gasteiger partial charge on any atom is -0.316 e. The molecular formula is C13H24N2. The molecule has 0 amide bonds. The third-order valence-corrected chi connectivity index (χ3v) is 3.58. The van der Waals surface area contributed by atoms with Gasteiger partial charge in [0, 0.05) is 19.1 Å². The molecule has 2 aliphatic rings. The van der Waals surface area contributed by atoms with Crippen LogP contribution in [0.4, 0.5) is 0 Å². The molecule has 2 heteroatoms. The predicted octanol–water partition coefficient (Wildman–Crippen LogP) is 2.03. The molecule has 1 saturated heterocycles. The van der Waals surface area contributed by atoms with Gasteiger partial charge in [-0.15, -0.1) is 6.58 Å². The van der Waals surface area contributed by atoms with Crippen LogP contribution < -0.4 is 5.32 Å². The molecule has 2 rings (SSSR count). The first-order valence-electron chi connectivity index (χ1n) is 6.46. The number of nitrogens with one attached hydrogen (secondary N) is 1. The van der Waals surface area contributed by atoms with E-state index in [0.717, 1.165) is 18.4 Å². The SMILES string of the molecule is C=CCCN(CC1CCCNC1)C1CC1. The normalized spacial score (nSPS) is 26.9. The smallest absolute Gasteiger partial charge is 0.00966 e. The molecule has 0 bridgehead atoms. The van der Waals surface area contributed by atoms with Gasteiger partial charge in [-0.25, -0.2) is 0 Å². The Balaban J connectivity index is 1.74. The van der Waals surface area contributed by atoms with Gasteiger partial charge in [-0.1, -0.05) is 6.08 Å². The van der Waals surface area contributed by atoms with Gasteiger partial charge in [-0.05, 0) is 51.1 Å². The van der Waals surface area contributed by atoms with Crippen molar-refractivity contribution < 1.29 is 0 Å². The molecule has 1 saturated carbocycles. The summed E-state index contributed by atoms with van der Waals surface area (Å²) in [6, 6.07) is 0.909. The van der Waals surface area contributed by atoms with Crippen molar-refractivity contribution in [3.63, 3.8) is 0 Å². The second-order valence-electron chi connectivity index (χ2n) is 5.02. The maximum atomic E-state index is 3.82. The van der Waals surface area contributed by atoms with E-state index in [-0.39, 0.29) is 0 Å². The summed E-state index contributed by atoms with van der Waals surface area (Å²) in [6.45, 7) is 8.82. The molecule has 1 atom stereocenters. The van der Waals surface area contributed by atoms with Gasteiger partial charge in [-0.3, -0.25) is 4.90 Å². The van der Waals surface area contributed by atoms with Crippen molar-refractivity contribution in [3.05, 3.63) is 12.7 Å². The highest BCUT2D eigenvalue weighted by molar-refractivity contribution is 4.87. The highest BCUT2D eigenvalue weighted by atomic mass is 15.2. The highest BCUT2D eigenvalue weighted by Crippen LogP contribution is 2.28. The van der Waals surface area contributed by atoms with Gasteiger partial charge in [-0.2, -0.15) is 0 Å². The molecular weight excluding hydrogens is 184 g/mol. The van der Waals surface area contributed by atoms with Gasteiger partial charge in [0.1, 0.15) is 0 Å². The number of nitrogens with zero attached hydrogens (tertiary/aromatic N) is 1. The number of hydrogen-bond donors (Lipinski definition) is 1. The standard InChI is InChI=1S/C13H24N2/c1-2-3-9-15(13-6-7-13)11-12-5-4-8-14-10-12/h2,12-14H,1,3-11H2. The van der Waals surface area contributed by atoms with Crippen LogP contribution in [0, 0.1) is 5.92 Å². The summed E-state index contributed by atoms with van der Waals surface area (Å²) in [4.78, 5) is 2.69. The molecule has 0 radical (unpaired) electrons. The molecule has 86 valence electrons. The van der Waals surface area contributed by atoms with Crippen molar-refractivity contribution in [1.82, 2.24) is 10.2 Å². The minimum atomic E-state index is 0.893. The van der Waals surface area contributed by atoms with Crippen molar-refractivity contribution in [1.29, 1.82) is 0 Å². The topological polar surface area (TPSA) is 15.3 Å². The van der Waals surface area contributed by atoms with E-state index in [9.17, 15) is 0 Å². The zero-order valence-electron chi connectivity index (χ0n) is 9.75. The lowest BCUT2D eigenvalue weighted by molar-refractivity contribution is 0.203. The Morgan fingerprint density at radius 2 is 2.20 bits per heavy atom. The van der Waals surface area contributed by atoms with E-state index in [1.807, 2.05) is 0 Å². The third kappa shape index (κ3) is 3.62. The molecule has 0 aromatic carbocycles. The molecule has 1 aliphatic carbocycles. The Labute approximate surface area is 93.7 Å². The fraction of sp³-hybridized carbons (Fsp3) is 0.846. The lowest BCUT2D eigenvalue weighted by Gasteiger charge is -2.30. The fourth-order valence-electron chi connectivity index (χ4n) is 2.53. The summed E-state index contributed by atoms with van der Waals surface area (Å²) in [5, 5.41) is 3.51. The third-order valence-electron chi connectivity index (χ3n) is 3.58. The largest absolute Gasteiger partial charge is 0.316 e. The van der Waals surface area contributed by atoms with Gasteiger partial charge in [0.05, 0.1) is 0 Å². The molecule has 1 unspecified atom stereocenters. The first-order chi connectivity index (χ1) is 7.40. The maximum absolute atomic E-state index is 3.82. The Hall–Kier alpha value is -0.340. The summed E-state index contributed by atoms with van der Waals surface area (Å²) in [5.74, 6) is 0.893. The summed E-state index contributed by atoms with van der Waals surface area (Å²) in [6.07, 6.45) is 8.84. The Morgan fingerprint density at radius 3 is 2.80 bits per heavy atom. The Bertz CT molecular complexity index is 193. The molecule has 1 N–H and O–H groups in total. The van der Waals surface area contributed by atoms with Crippen LogP contribution in [0.2, 0.25) is 0 Å². The first-order valence-corrected chi connectivity index (χ1v) is 6.46. The van der Waals surface area contributed by atoms with Crippen LogP contribution in [-0.2, 0) is 0 Å². The molecule has 1 heterocycles. The van der Waals surface area contributed by atoms with Crippen LogP contribution in [0.25, 0.3) is 0 Å².